The minimum atomic E-state index is 0.0713. The van der Waals surface area contributed by atoms with Crippen LogP contribution in [0.5, 0.6) is 0 Å². The van der Waals surface area contributed by atoms with E-state index < -0.39 is 0 Å². The van der Waals surface area contributed by atoms with E-state index in [2.05, 4.69) is 183 Å². The molecule has 49 heavy (non-hydrogen) atoms. The van der Waals surface area contributed by atoms with Crippen LogP contribution >= 0.6 is 0 Å². The third-order valence-corrected chi connectivity index (χ3v) is 10.7. The summed E-state index contributed by atoms with van der Waals surface area (Å²) in [5.41, 5.74) is 10.1. The number of hydrogen-bond donors (Lipinski definition) is 0. The Balaban J connectivity index is 1.25. The third kappa shape index (κ3) is 4.19. The van der Waals surface area contributed by atoms with Crippen molar-refractivity contribution in [2.75, 3.05) is 0 Å². The molecule has 232 valence electrons. The van der Waals surface area contributed by atoms with Gasteiger partial charge in [0, 0.05) is 16.5 Å². The molecule has 1 heteroatoms. The van der Waals surface area contributed by atoms with Crippen molar-refractivity contribution < 1.29 is 0 Å². The molecule has 0 atom stereocenters. The third-order valence-electron chi connectivity index (χ3n) is 10.7. The summed E-state index contributed by atoms with van der Waals surface area (Å²) in [6.45, 7) is 6.92. The van der Waals surface area contributed by atoms with Crippen molar-refractivity contribution >= 4 is 64.9 Å². The highest BCUT2D eigenvalue weighted by molar-refractivity contribution is 6.29. The smallest absolute Gasteiger partial charge is 0.0541 e. The van der Waals surface area contributed by atoms with E-state index in [0.29, 0.717) is 0 Å². The van der Waals surface area contributed by atoms with Gasteiger partial charge in [-0.3, -0.25) is 0 Å². The van der Waals surface area contributed by atoms with Crippen LogP contribution in [0.3, 0.4) is 0 Å². The number of aromatic nitrogens is 1. The fraction of sp³-hybridized carbons (Fsp3) is 0.0833. The topological polar surface area (TPSA) is 4.93 Å². The van der Waals surface area contributed by atoms with E-state index in [1.54, 1.807) is 0 Å². The second-order valence-electron chi connectivity index (χ2n) is 14.6. The molecule has 1 heterocycles. The summed E-state index contributed by atoms with van der Waals surface area (Å²) in [6, 6.07) is 58.8. The van der Waals surface area contributed by atoms with Crippen LogP contribution in [0.25, 0.3) is 92.8 Å². The van der Waals surface area contributed by atoms with Crippen LogP contribution in [0.15, 0.2) is 158 Å². The van der Waals surface area contributed by atoms with Gasteiger partial charge in [0.15, 0.2) is 0 Å². The SMILES string of the molecule is CC(C)(C)c1cc2ccc3c(-c4ccc(-n5c6ccccc6c6ccccc65)cc4)cc(-c4cccc5ccccc45)c4ccc(c1)c2c34. The van der Waals surface area contributed by atoms with E-state index in [1.165, 1.54) is 98.4 Å². The number of nitrogens with zero attached hydrogens (tertiary/aromatic N) is 1. The Morgan fingerprint density at radius 3 is 1.61 bits per heavy atom. The zero-order valence-corrected chi connectivity index (χ0v) is 28.0. The Kier molecular flexibility index (Phi) is 5.91. The molecule has 0 saturated heterocycles. The lowest BCUT2D eigenvalue weighted by Gasteiger charge is -2.23. The van der Waals surface area contributed by atoms with Crippen molar-refractivity contribution in [1.82, 2.24) is 4.57 Å². The fourth-order valence-electron chi connectivity index (χ4n) is 8.26. The van der Waals surface area contributed by atoms with Crippen molar-refractivity contribution in [2.45, 2.75) is 26.2 Å². The highest BCUT2D eigenvalue weighted by Gasteiger charge is 2.21. The van der Waals surface area contributed by atoms with Gasteiger partial charge in [0.05, 0.1) is 11.0 Å². The Morgan fingerprint density at radius 2 is 0.959 bits per heavy atom. The second kappa shape index (κ2) is 10.3. The van der Waals surface area contributed by atoms with Gasteiger partial charge in [-0.2, -0.15) is 0 Å². The molecule has 0 saturated carbocycles. The van der Waals surface area contributed by atoms with E-state index in [1.807, 2.05) is 0 Å². The van der Waals surface area contributed by atoms with Crippen molar-refractivity contribution in [1.29, 1.82) is 0 Å². The monoisotopic (exact) mass is 625 g/mol. The maximum atomic E-state index is 2.44. The molecule has 0 aliphatic carbocycles. The molecule has 0 N–H and O–H groups in total. The van der Waals surface area contributed by atoms with Gasteiger partial charge in [-0.25, -0.2) is 0 Å². The molecule has 0 amide bonds. The van der Waals surface area contributed by atoms with Crippen LogP contribution in [0.2, 0.25) is 0 Å². The standard InChI is InChI=1S/C48H35N/c1-48(2,3)34-27-32-21-25-40-42(31-19-23-35(24-20-31)49-44-17-8-6-14-38(44)39-15-7-9-18-45(39)49)29-43(41-26-22-33(28-34)46(32)47(40)41)37-16-10-12-30-11-4-5-13-36(30)37/h4-29H,1-3H3. The molecule has 0 aliphatic heterocycles. The molecule has 1 nitrogen and oxygen atoms in total. The van der Waals surface area contributed by atoms with Crippen molar-refractivity contribution in [3.8, 4) is 27.9 Å². The molecule has 0 fully saturated rings. The normalized spacial score (nSPS) is 12.4. The average molecular weight is 626 g/mol. The van der Waals surface area contributed by atoms with Gasteiger partial charge in [0.25, 0.3) is 0 Å². The van der Waals surface area contributed by atoms with E-state index in [-0.39, 0.29) is 5.41 Å². The first kappa shape index (κ1) is 28.1. The summed E-state index contributed by atoms with van der Waals surface area (Å²) >= 11 is 0. The van der Waals surface area contributed by atoms with Crippen LogP contribution in [-0.4, -0.2) is 4.57 Å². The van der Waals surface area contributed by atoms with Gasteiger partial charge in [-0.15, -0.1) is 0 Å². The molecule has 10 rings (SSSR count). The minimum Gasteiger partial charge on any atom is -0.309 e. The van der Waals surface area contributed by atoms with Gasteiger partial charge in [0.2, 0.25) is 0 Å². The van der Waals surface area contributed by atoms with Gasteiger partial charge < -0.3 is 4.57 Å². The summed E-state index contributed by atoms with van der Waals surface area (Å²) in [5.74, 6) is 0. The molecular formula is C48H35N. The lowest BCUT2D eigenvalue weighted by atomic mass is 9.81. The van der Waals surface area contributed by atoms with Crippen LogP contribution in [-0.2, 0) is 5.41 Å². The summed E-state index contributed by atoms with van der Waals surface area (Å²) in [5, 5.41) is 13.0. The van der Waals surface area contributed by atoms with Crippen molar-refractivity contribution in [3.63, 3.8) is 0 Å². The Bertz CT molecular complexity index is 2820. The van der Waals surface area contributed by atoms with Gasteiger partial charge in [-0.05, 0) is 107 Å². The maximum Gasteiger partial charge on any atom is 0.0541 e. The highest BCUT2D eigenvalue weighted by Crippen LogP contribution is 2.46. The predicted molar refractivity (Wildman–Crippen MR) is 212 cm³/mol. The zero-order valence-electron chi connectivity index (χ0n) is 28.0. The summed E-state index contributed by atoms with van der Waals surface area (Å²) < 4.78 is 2.40. The quantitative estimate of drug-likeness (QED) is 0.172. The highest BCUT2D eigenvalue weighted by atomic mass is 15.0. The van der Waals surface area contributed by atoms with Crippen LogP contribution in [0.4, 0.5) is 0 Å². The molecule has 1 aromatic heterocycles. The number of para-hydroxylation sites is 2. The maximum absolute atomic E-state index is 2.44. The second-order valence-corrected chi connectivity index (χ2v) is 14.6. The van der Waals surface area contributed by atoms with E-state index in [9.17, 15) is 0 Å². The van der Waals surface area contributed by atoms with E-state index in [0.717, 1.165) is 0 Å². The fourth-order valence-corrected chi connectivity index (χ4v) is 8.26. The molecule has 0 aliphatic rings. The number of hydrogen-bond acceptors (Lipinski definition) is 0. The minimum absolute atomic E-state index is 0.0713. The predicted octanol–water partition coefficient (Wildman–Crippen LogP) is 13.5. The number of rotatable bonds is 3. The summed E-state index contributed by atoms with van der Waals surface area (Å²) in [6.07, 6.45) is 0. The van der Waals surface area contributed by atoms with E-state index >= 15 is 0 Å². The Labute approximate surface area is 286 Å². The molecular weight excluding hydrogens is 591 g/mol. The van der Waals surface area contributed by atoms with Crippen LogP contribution in [0.1, 0.15) is 26.3 Å². The molecule has 9 aromatic carbocycles. The molecule has 0 spiro atoms. The molecule has 0 bridgehead atoms. The van der Waals surface area contributed by atoms with Gasteiger partial charge >= 0.3 is 0 Å². The van der Waals surface area contributed by atoms with Gasteiger partial charge in [0.1, 0.15) is 0 Å². The largest absolute Gasteiger partial charge is 0.309 e. The Hall–Kier alpha value is -5.92. The first-order valence-electron chi connectivity index (χ1n) is 17.3. The summed E-state index contributed by atoms with van der Waals surface area (Å²) in [7, 11) is 0. The number of benzene rings is 9. The molecule has 0 unspecified atom stereocenters. The first-order valence-corrected chi connectivity index (χ1v) is 17.3. The molecule has 10 aromatic rings. The Morgan fingerprint density at radius 1 is 0.388 bits per heavy atom. The van der Waals surface area contributed by atoms with Crippen molar-refractivity contribution in [2.24, 2.45) is 0 Å². The summed E-state index contributed by atoms with van der Waals surface area (Å²) in [4.78, 5) is 0. The lowest BCUT2D eigenvalue weighted by molar-refractivity contribution is 0.591. The average Bonchev–Trinajstić information content (AvgIpc) is 3.47. The van der Waals surface area contributed by atoms with E-state index in [4.69, 9.17) is 0 Å². The lowest BCUT2D eigenvalue weighted by Crippen LogP contribution is -2.10. The van der Waals surface area contributed by atoms with Crippen LogP contribution in [0, 0.1) is 0 Å². The molecule has 0 radical (unpaired) electrons. The van der Waals surface area contributed by atoms with Crippen molar-refractivity contribution in [3.05, 3.63) is 163 Å². The zero-order chi connectivity index (χ0) is 32.9. The van der Waals surface area contributed by atoms with Crippen LogP contribution < -0.4 is 0 Å². The first-order chi connectivity index (χ1) is 23.9. The number of fused-ring (bicyclic) bond motifs is 4. The van der Waals surface area contributed by atoms with Gasteiger partial charge in [-0.1, -0.05) is 148 Å².